The SMILES string of the molecule is Nc1cccc(C(=O)N[C@@H]2C[C@H](Nc3nccc(-c4cccnc4)n3)C3CC32)c1. The molecule has 4 N–H and O–H groups in total. The van der Waals surface area contributed by atoms with E-state index in [1.165, 1.54) is 0 Å². The van der Waals surface area contributed by atoms with Crippen LogP contribution in [0, 0.1) is 11.8 Å². The van der Waals surface area contributed by atoms with Crippen LogP contribution in [0.15, 0.2) is 61.1 Å². The molecule has 2 saturated carbocycles. The van der Waals surface area contributed by atoms with Gasteiger partial charge in [0.05, 0.1) is 5.69 Å². The molecule has 1 aromatic carbocycles. The van der Waals surface area contributed by atoms with E-state index in [-0.39, 0.29) is 18.0 Å². The molecule has 29 heavy (non-hydrogen) atoms. The highest BCUT2D eigenvalue weighted by molar-refractivity contribution is 5.95. The normalized spacial score (nSPS) is 24.6. The number of amides is 1. The third-order valence-electron chi connectivity index (χ3n) is 5.83. The van der Waals surface area contributed by atoms with E-state index in [0.29, 0.717) is 29.0 Å². The Balaban J connectivity index is 1.25. The van der Waals surface area contributed by atoms with Crippen LogP contribution < -0.4 is 16.4 Å². The molecule has 0 spiro atoms. The number of hydrogen-bond acceptors (Lipinski definition) is 6. The lowest BCUT2D eigenvalue weighted by Gasteiger charge is -2.19. The van der Waals surface area contributed by atoms with Gasteiger partial charge in [-0.2, -0.15) is 0 Å². The van der Waals surface area contributed by atoms with Gasteiger partial charge in [0.2, 0.25) is 5.95 Å². The monoisotopic (exact) mass is 386 g/mol. The smallest absolute Gasteiger partial charge is 0.251 e. The Morgan fingerprint density at radius 3 is 2.76 bits per heavy atom. The molecule has 5 rings (SSSR count). The number of nitrogen functional groups attached to an aromatic ring is 1. The second kappa shape index (κ2) is 7.16. The Bertz CT molecular complexity index is 1040. The van der Waals surface area contributed by atoms with Gasteiger partial charge in [-0.3, -0.25) is 9.78 Å². The van der Waals surface area contributed by atoms with E-state index in [4.69, 9.17) is 5.73 Å². The molecule has 7 heteroatoms. The van der Waals surface area contributed by atoms with Crippen LogP contribution in [0.3, 0.4) is 0 Å². The zero-order valence-electron chi connectivity index (χ0n) is 15.8. The average molecular weight is 386 g/mol. The third-order valence-corrected chi connectivity index (χ3v) is 5.83. The van der Waals surface area contributed by atoms with Gasteiger partial charge < -0.3 is 16.4 Å². The first-order chi connectivity index (χ1) is 14.2. The molecule has 2 unspecified atom stereocenters. The van der Waals surface area contributed by atoms with Crippen molar-refractivity contribution in [3.05, 3.63) is 66.6 Å². The first-order valence-corrected chi connectivity index (χ1v) is 9.84. The summed E-state index contributed by atoms with van der Waals surface area (Å²) in [6.45, 7) is 0. The fraction of sp³-hybridized carbons (Fsp3) is 0.273. The lowest BCUT2D eigenvalue weighted by atomic mass is 10.1. The summed E-state index contributed by atoms with van der Waals surface area (Å²) in [5.41, 5.74) is 8.79. The molecule has 0 radical (unpaired) electrons. The van der Waals surface area contributed by atoms with Crippen LogP contribution in [0.4, 0.5) is 11.6 Å². The molecule has 146 valence electrons. The number of fused-ring (bicyclic) bond motifs is 1. The summed E-state index contributed by atoms with van der Waals surface area (Å²) in [6.07, 6.45) is 7.27. The lowest BCUT2D eigenvalue weighted by Crippen LogP contribution is -2.36. The van der Waals surface area contributed by atoms with Crippen molar-refractivity contribution < 1.29 is 4.79 Å². The average Bonchev–Trinajstić information content (AvgIpc) is 3.48. The number of carbonyl (C=O) groups is 1. The number of anilines is 2. The summed E-state index contributed by atoms with van der Waals surface area (Å²) in [5.74, 6) is 1.61. The highest BCUT2D eigenvalue weighted by atomic mass is 16.1. The van der Waals surface area contributed by atoms with Gasteiger partial charge in [-0.15, -0.1) is 0 Å². The number of nitrogens with zero attached hydrogens (tertiary/aromatic N) is 3. The number of aromatic nitrogens is 3. The van der Waals surface area contributed by atoms with Gasteiger partial charge in [0.1, 0.15) is 0 Å². The molecule has 7 nitrogen and oxygen atoms in total. The molecule has 4 atom stereocenters. The third kappa shape index (κ3) is 3.63. The Morgan fingerprint density at radius 1 is 1.03 bits per heavy atom. The summed E-state index contributed by atoms with van der Waals surface area (Å²) in [4.78, 5) is 25.7. The number of nitrogens with two attached hydrogens (primary N) is 1. The number of hydrogen-bond donors (Lipinski definition) is 3. The van der Waals surface area contributed by atoms with Crippen LogP contribution in [0.25, 0.3) is 11.3 Å². The molecule has 2 fully saturated rings. The Kier molecular flexibility index (Phi) is 4.35. The highest BCUT2D eigenvalue weighted by Gasteiger charge is 2.54. The molecular formula is C22H22N6O. The minimum Gasteiger partial charge on any atom is -0.399 e. The zero-order valence-corrected chi connectivity index (χ0v) is 15.8. The van der Waals surface area contributed by atoms with Crippen molar-refractivity contribution in [1.82, 2.24) is 20.3 Å². The number of nitrogens with one attached hydrogen (secondary N) is 2. The van der Waals surface area contributed by atoms with Gasteiger partial charge in [-0.1, -0.05) is 6.07 Å². The molecule has 2 heterocycles. The van der Waals surface area contributed by atoms with E-state index >= 15 is 0 Å². The van der Waals surface area contributed by atoms with Crippen LogP contribution >= 0.6 is 0 Å². The minimum absolute atomic E-state index is 0.0663. The van der Waals surface area contributed by atoms with Crippen molar-refractivity contribution in [3.8, 4) is 11.3 Å². The summed E-state index contributed by atoms with van der Waals surface area (Å²) >= 11 is 0. The first kappa shape index (κ1) is 17.6. The predicted molar refractivity (Wildman–Crippen MR) is 111 cm³/mol. The largest absolute Gasteiger partial charge is 0.399 e. The maximum absolute atomic E-state index is 12.6. The van der Waals surface area contributed by atoms with E-state index in [0.717, 1.165) is 24.1 Å². The number of carbonyl (C=O) groups excluding carboxylic acids is 1. The van der Waals surface area contributed by atoms with E-state index < -0.39 is 0 Å². The fourth-order valence-corrected chi connectivity index (χ4v) is 4.32. The van der Waals surface area contributed by atoms with Crippen molar-refractivity contribution in [3.63, 3.8) is 0 Å². The molecule has 3 aromatic rings. The number of rotatable bonds is 5. The van der Waals surface area contributed by atoms with Gasteiger partial charge in [0.15, 0.2) is 0 Å². The zero-order chi connectivity index (χ0) is 19.8. The second-order valence-corrected chi connectivity index (χ2v) is 7.76. The van der Waals surface area contributed by atoms with Crippen LogP contribution in [0.5, 0.6) is 0 Å². The Labute approximate surface area is 168 Å². The van der Waals surface area contributed by atoms with E-state index in [9.17, 15) is 4.79 Å². The van der Waals surface area contributed by atoms with Crippen LogP contribution in [0.2, 0.25) is 0 Å². The Hall–Kier alpha value is -3.48. The predicted octanol–water partition coefficient (Wildman–Crippen LogP) is 2.74. The van der Waals surface area contributed by atoms with Crippen molar-refractivity contribution in [2.24, 2.45) is 11.8 Å². The minimum atomic E-state index is -0.0663. The van der Waals surface area contributed by atoms with Crippen LogP contribution in [-0.2, 0) is 0 Å². The van der Waals surface area contributed by atoms with Gasteiger partial charge in [0, 0.05) is 47.5 Å². The Morgan fingerprint density at radius 2 is 1.93 bits per heavy atom. The number of pyridine rings is 1. The maximum atomic E-state index is 12.6. The fourth-order valence-electron chi connectivity index (χ4n) is 4.32. The van der Waals surface area contributed by atoms with Gasteiger partial charge in [-0.25, -0.2) is 9.97 Å². The van der Waals surface area contributed by atoms with Crippen molar-refractivity contribution >= 4 is 17.5 Å². The van der Waals surface area contributed by atoms with E-state index in [1.54, 1.807) is 42.9 Å². The standard InChI is InChI=1S/C22H22N6O/c23-15-5-1-3-13(9-15)21(29)26-19-11-20(17-10-16(17)19)28-22-25-8-6-18(27-22)14-4-2-7-24-12-14/h1-9,12,16-17,19-20H,10-11,23H2,(H,26,29)(H,25,27,28)/t16?,17?,19-,20+/m1/s1. The van der Waals surface area contributed by atoms with Crippen LogP contribution in [0.1, 0.15) is 23.2 Å². The molecule has 2 aromatic heterocycles. The molecule has 0 bridgehead atoms. The summed E-state index contributed by atoms with van der Waals surface area (Å²) in [5, 5.41) is 6.66. The highest BCUT2D eigenvalue weighted by Crippen LogP contribution is 2.52. The topological polar surface area (TPSA) is 106 Å². The van der Waals surface area contributed by atoms with Crippen molar-refractivity contribution in [1.29, 1.82) is 0 Å². The second-order valence-electron chi connectivity index (χ2n) is 7.76. The summed E-state index contributed by atoms with van der Waals surface area (Å²) in [7, 11) is 0. The molecule has 2 aliphatic carbocycles. The number of benzene rings is 1. The van der Waals surface area contributed by atoms with Gasteiger partial charge >= 0.3 is 0 Å². The van der Waals surface area contributed by atoms with Crippen molar-refractivity contribution in [2.45, 2.75) is 24.9 Å². The molecule has 1 amide bonds. The van der Waals surface area contributed by atoms with Gasteiger partial charge in [0.25, 0.3) is 5.91 Å². The molecule has 0 aliphatic heterocycles. The molecule has 2 aliphatic rings. The molecule has 0 saturated heterocycles. The van der Waals surface area contributed by atoms with Crippen molar-refractivity contribution in [2.75, 3.05) is 11.1 Å². The molecular weight excluding hydrogens is 364 g/mol. The maximum Gasteiger partial charge on any atom is 0.251 e. The summed E-state index contributed by atoms with van der Waals surface area (Å²) in [6, 6.07) is 13.3. The van der Waals surface area contributed by atoms with Gasteiger partial charge in [-0.05, 0) is 61.1 Å². The van der Waals surface area contributed by atoms with E-state index in [2.05, 4.69) is 25.6 Å². The van der Waals surface area contributed by atoms with Crippen LogP contribution in [-0.4, -0.2) is 32.9 Å². The summed E-state index contributed by atoms with van der Waals surface area (Å²) < 4.78 is 0. The first-order valence-electron chi connectivity index (χ1n) is 9.84. The van der Waals surface area contributed by atoms with E-state index in [1.807, 2.05) is 18.2 Å². The lowest BCUT2D eigenvalue weighted by molar-refractivity contribution is 0.0933. The quantitative estimate of drug-likeness (QED) is 0.582.